The Morgan fingerprint density at radius 1 is 1.12 bits per heavy atom. The Morgan fingerprint density at radius 3 is 2.72 bits per heavy atom. The quantitative estimate of drug-likeness (QED) is 0.462. The molecule has 1 aliphatic heterocycles. The zero-order chi connectivity index (χ0) is 22.1. The van der Waals surface area contributed by atoms with E-state index in [1.165, 1.54) is 0 Å². The molecule has 1 fully saturated rings. The second-order valence-corrected chi connectivity index (χ2v) is 7.48. The number of hydrogen-bond acceptors (Lipinski definition) is 7. The molecular weight excluding hydrogens is 406 g/mol. The first kappa shape index (κ1) is 19.8. The first-order chi connectivity index (χ1) is 15.7. The van der Waals surface area contributed by atoms with Crippen LogP contribution in [0.25, 0.3) is 33.6 Å². The molecule has 0 spiro atoms. The van der Waals surface area contributed by atoms with E-state index in [1.54, 1.807) is 37.6 Å². The van der Waals surface area contributed by atoms with Crippen molar-refractivity contribution in [2.24, 2.45) is 0 Å². The van der Waals surface area contributed by atoms with Crippen LogP contribution in [0.1, 0.15) is 15.9 Å². The van der Waals surface area contributed by atoms with Gasteiger partial charge in [-0.3, -0.25) is 9.78 Å². The highest BCUT2D eigenvalue weighted by Gasteiger charge is 2.21. The summed E-state index contributed by atoms with van der Waals surface area (Å²) in [5, 5.41) is 12.8. The van der Waals surface area contributed by atoms with E-state index in [9.17, 15) is 10.1 Å². The number of aldehydes is 1. The molecule has 3 heterocycles. The molecule has 158 valence electrons. The van der Waals surface area contributed by atoms with Crippen LogP contribution in [-0.4, -0.2) is 37.6 Å². The molecule has 1 N–H and O–H groups in total. The van der Waals surface area contributed by atoms with Gasteiger partial charge in [0.15, 0.2) is 5.58 Å². The Balaban J connectivity index is 1.57. The second-order valence-electron chi connectivity index (χ2n) is 7.48. The molecule has 2 aromatic heterocycles. The lowest BCUT2D eigenvalue weighted by Gasteiger charge is -2.28. The van der Waals surface area contributed by atoms with Crippen LogP contribution in [-0.2, 0) is 0 Å². The Kier molecular flexibility index (Phi) is 5.06. The molecule has 7 heteroatoms. The summed E-state index contributed by atoms with van der Waals surface area (Å²) in [6.45, 7) is 1.56. The first-order valence-corrected chi connectivity index (χ1v) is 10.1. The molecule has 0 atom stereocenters. The largest absolute Gasteiger partial charge is 0.496 e. The van der Waals surface area contributed by atoms with Crippen LogP contribution in [0.4, 0.5) is 0 Å². The zero-order valence-corrected chi connectivity index (χ0v) is 17.3. The van der Waals surface area contributed by atoms with E-state index in [0.717, 1.165) is 36.1 Å². The minimum Gasteiger partial charge on any atom is -0.496 e. The van der Waals surface area contributed by atoms with Crippen LogP contribution in [0, 0.1) is 11.3 Å². The van der Waals surface area contributed by atoms with Crippen LogP contribution in [0.3, 0.4) is 0 Å². The van der Waals surface area contributed by atoms with E-state index < -0.39 is 0 Å². The molecule has 1 aliphatic rings. The number of hydrogen-bond donors (Lipinski definition) is 1. The number of nitrogens with zero attached hydrogens (tertiary/aromatic N) is 2. The number of furan rings is 1. The molecule has 0 radical (unpaired) electrons. The average Bonchev–Trinajstić information content (AvgIpc) is 3.25. The highest BCUT2D eigenvalue weighted by molar-refractivity contribution is 5.93. The van der Waals surface area contributed by atoms with Gasteiger partial charge in [0.2, 0.25) is 0 Å². The third-order valence-electron chi connectivity index (χ3n) is 5.49. The molecule has 32 heavy (non-hydrogen) atoms. The minimum atomic E-state index is 0.0915. The van der Waals surface area contributed by atoms with Gasteiger partial charge in [-0.05, 0) is 35.9 Å². The predicted molar refractivity (Wildman–Crippen MR) is 119 cm³/mol. The highest BCUT2D eigenvalue weighted by Crippen LogP contribution is 2.38. The topological polar surface area (TPSA) is 97.4 Å². The molecule has 0 saturated carbocycles. The van der Waals surface area contributed by atoms with Gasteiger partial charge in [-0.25, -0.2) is 0 Å². The van der Waals surface area contributed by atoms with Gasteiger partial charge in [0.25, 0.3) is 0 Å². The van der Waals surface area contributed by atoms with E-state index in [0.29, 0.717) is 39.5 Å². The van der Waals surface area contributed by atoms with Gasteiger partial charge in [-0.1, -0.05) is 12.1 Å². The summed E-state index contributed by atoms with van der Waals surface area (Å²) < 4.78 is 17.5. The third-order valence-corrected chi connectivity index (χ3v) is 5.49. The number of benzene rings is 2. The normalized spacial score (nSPS) is 13.4. The Morgan fingerprint density at radius 2 is 2.00 bits per heavy atom. The van der Waals surface area contributed by atoms with Crippen LogP contribution in [0.2, 0.25) is 0 Å². The maximum absolute atomic E-state index is 11.1. The second kappa shape index (κ2) is 8.17. The summed E-state index contributed by atoms with van der Waals surface area (Å²) in [5.74, 6) is 1.69. The number of nitriles is 1. The van der Waals surface area contributed by atoms with Crippen LogP contribution in [0.5, 0.6) is 11.5 Å². The molecule has 0 unspecified atom stereocenters. The van der Waals surface area contributed by atoms with Crippen molar-refractivity contribution in [3.05, 3.63) is 65.9 Å². The summed E-state index contributed by atoms with van der Waals surface area (Å²) in [4.78, 5) is 15.5. The molecule has 0 aliphatic carbocycles. The number of carbonyl (C=O) groups is 1. The first-order valence-electron chi connectivity index (χ1n) is 10.1. The standard InChI is InChI=1S/C25H19N3O4/c1-30-23-8-15(14-29)2-4-20(23)24-10-21-25(32-24)19(6-7-28-21)16-3-5-22(17(9-16)11-26)31-18-12-27-13-18/h2-10,14,18,27H,12-13H2,1H3. The molecule has 5 rings (SSSR count). The number of carbonyl (C=O) groups excluding carboxylic acids is 1. The molecular formula is C25H19N3O4. The van der Waals surface area contributed by atoms with Gasteiger partial charge >= 0.3 is 0 Å². The minimum absolute atomic E-state index is 0.0915. The molecule has 2 aromatic carbocycles. The maximum atomic E-state index is 11.1. The summed E-state index contributed by atoms with van der Waals surface area (Å²) in [7, 11) is 1.55. The van der Waals surface area contributed by atoms with E-state index in [2.05, 4.69) is 16.4 Å². The van der Waals surface area contributed by atoms with E-state index in [4.69, 9.17) is 13.9 Å². The molecule has 4 aromatic rings. The van der Waals surface area contributed by atoms with Crippen molar-refractivity contribution in [3.8, 4) is 40.0 Å². The Hall–Kier alpha value is -4.15. The van der Waals surface area contributed by atoms with Gasteiger partial charge < -0.3 is 19.2 Å². The number of methoxy groups -OCH3 is 1. The third kappa shape index (κ3) is 3.47. The van der Waals surface area contributed by atoms with Crippen molar-refractivity contribution >= 4 is 17.4 Å². The van der Waals surface area contributed by atoms with Gasteiger partial charge in [-0.2, -0.15) is 5.26 Å². The number of ether oxygens (including phenoxy) is 2. The maximum Gasteiger partial charge on any atom is 0.161 e. The van der Waals surface area contributed by atoms with Gasteiger partial charge in [0, 0.05) is 36.5 Å². The highest BCUT2D eigenvalue weighted by atomic mass is 16.5. The molecule has 1 saturated heterocycles. The average molecular weight is 425 g/mol. The predicted octanol–water partition coefficient (Wildman–Crippen LogP) is 4.21. The fraction of sp³-hybridized carbons (Fsp3) is 0.160. The van der Waals surface area contributed by atoms with Crippen molar-refractivity contribution in [3.63, 3.8) is 0 Å². The lowest BCUT2D eigenvalue weighted by Crippen LogP contribution is -2.50. The Bertz CT molecular complexity index is 1370. The van der Waals surface area contributed by atoms with E-state index in [-0.39, 0.29) is 6.10 Å². The summed E-state index contributed by atoms with van der Waals surface area (Å²) in [6, 6.07) is 16.6. The van der Waals surface area contributed by atoms with Crippen molar-refractivity contribution in [1.82, 2.24) is 10.3 Å². The van der Waals surface area contributed by atoms with E-state index >= 15 is 0 Å². The number of fused-ring (bicyclic) bond motifs is 1. The van der Waals surface area contributed by atoms with Crippen LogP contribution in [0.15, 0.2) is 59.1 Å². The fourth-order valence-electron chi connectivity index (χ4n) is 3.70. The van der Waals surface area contributed by atoms with Crippen molar-refractivity contribution in [2.45, 2.75) is 6.10 Å². The summed E-state index contributed by atoms with van der Waals surface area (Å²) in [6.07, 6.45) is 2.57. The summed E-state index contributed by atoms with van der Waals surface area (Å²) in [5.41, 5.74) is 4.64. The van der Waals surface area contributed by atoms with Gasteiger partial charge in [0.05, 0.1) is 18.2 Å². The Labute approximate surface area is 184 Å². The number of aromatic nitrogens is 1. The van der Waals surface area contributed by atoms with Crippen molar-refractivity contribution in [2.75, 3.05) is 20.2 Å². The monoisotopic (exact) mass is 425 g/mol. The van der Waals surface area contributed by atoms with Crippen LogP contribution >= 0.6 is 0 Å². The zero-order valence-electron chi connectivity index (χ0n) is 17.3. The molecule has 0 bridgehead atoms. The fourth-order valence-corrected chi connectivity index (χ4v) is 3.70. The van der Waals surface area contributed by atoms with Crippen molar-refractivity contribution in [1.29, 1.82) is 5.26 Å². The number of pyridine rings is 1. The van der Waals surface area contributed by atoms with Crippen LogP contribution < -0.4 is 14.8 Å². The molecule has 7 nitrogen and oxygen atoms in total. The smallest absolute Gasteiger partial charge is 0.161 e. The number of rotatable bonds is 6. The number of nitrogens with one attached hydrogen (secondary N) is 1. The molecule has 0 amide bonds. The lowest BCUT2D eigenvalue weighted by molar-refractivity contribution is 0.112. The van der Waals surface area contributed by atoms with Crippen molar-refractivity contribution < 1.29 is 18.7 Å². The summed E-state index contributed by atoms with van der Waals surface area (Å²) >= 11 is 0. The van der Waals surface area contributed by atoms with Gasteiger partial charge in [-0.15, -0.1) is 0 Å². The van der Waals surface area contributed by atoms with Gasteiger partial charge in [0.1, 0.15) is 41.2 Å². The SMILES string of the molecule is COc1cc(C=O)ccc1-c1cc2nccc(-c3ccc(OC4CNC4)c(C#N)c3)c2o1. The lowest BCUT2D eigenvalue weighted by atomic mass is 10.0. The van der Waals surface area contributed by atoms with E-state index in [1.807, 2.05) is 24.3 Å².